The number of ether oxygens (including phenoxy) is 1. The maximum absolute atomic E-state index is 13.4. The third-order valence-corrected chi connectivity index (χ3v) is 2.77. The van der Waals surface area contributed by atoms with Crippen LogP contribution in [0.15, 0.2) is 41.9 Å². The fourth-order valence-corrected chi connectivity index (χ4v) is 1.61. The molecule has 16 heavy (non-hydrogen) atoms. The third-order valence-electron chi connectivity index (χ3n) is 2.77. The fourth-order valence-electron chi connectivity index (χ4n) is 1.61. The van der Waals surface area contributed by atoms with Crippen molar-refractivity contribution in [1.82, 2.24) is 0 Å². The molecule has 0 spiro atoms. The maximum atomic E-state index is 13.4. The number of allylic oxidation sites excluding steroid dienone is 3. The van der Waals surface area contributed by atoms with Crippen LogP contribution < -0.4 is 4.74 Å². The van der Waals surface area contributed by atoms with Gasteiger partial charge < -0.3 is 4.74 Å². The normalized spacial score (nSPS) is 15.4. The van der Waals surface area contributed by atoms with Gasteiger partial charge in [0, 0.05) is 6.42 Å². The molecule has 0 saturated heterocycles. The van der Waals surface area contributed by atoms with E-state index in [2.05, 4.69) is 0 Å². The highest BCUT2D eigenvalue weighted by Crippen LogP contribution is 2.25. The van der Waals surface area contributed by atoms with Gasteiger partial charge in [-0.1, -0.05) is 12.1 Å². The third kappa shape index (κ3) is 2.32. The van der Waals surface area contributed by atoms with E-state index < -0.39 is 0 Å². The van der Waals surface area contributed by atoms with Gasteiger partial charge in [0.15, 0.2) is 5.76 Å². The maximum Gasteiger partial charge on any atom is 0.158 e. The van der Waals surface area contributed by atoms with Crippen molar-refractivity contribution in [3.05, 3.63) is 53.1 Å². The van der Waals surface area contributed by atoms with E-state index in [4.69, 9.17) is 4.74 Å². The smallest absolute Gasteiger partial charge is 0.158 e. The van der Waals surface area contributed by atoms with E-state index in [1.807, 2.05) is 38.1 Å². The van der Waals surface area contributed by atoms with Gasteiger partial charge in [0.2, 0.25) is 0 Å². The molecule has 2 rings (SSSR count). The van der Waals surface area contributed by atoms with Gasteiger partial charge in [-0.2, -0.15) is 0 Å². The number of aryl methyl sites for hydroxylation is 2. The van der Waals surface area contributed by atoms with E-state index in [-0.39, 0.29) is 5.83 Å². The van der Waals surface area contributed by atoms with Gasteiger partial charge in [-0.25, -0.2) is 4.39 Å². The number of rotatable bonds is 2. The lowest BCUT2D eigenvalue weighted by molar-refractivity contribution is 0.400. The Kier molecular flexibility index (Phi) is 3.09. The predicted molar refractivity (Wildman–Crippen MR) is 63.1 cm³/mol. The van der Waals surface area contributed by atoms with Crippen LogP contribution in [-0.4, -0.2) is 0 Å². The van der Waals surface area contributed by atoms with Gasteiger partial charge in [0.25, 0.3) is 0 Å². The Morgan fingerprint density at radius 2 is 2.00 bits per heavy atom. The monoisotopic (exact) mass is 218 g/mol. The summed E-state index contributed by atoms with van der Waals surface area (Å²) < 4.78 is 18.9. The summed E-state index contributed by atoms with van der Waals surface area (Å²) in [6.45, 7) is 4.06. The summed E-state index contributed by atoms with van der Waals surface area (Å²) in [7, 11) is 0. The summed E-state index contributed by atoms with van der Waals surface area (Å²) in [5, 5.41) is 0. The van der Waals surface area contributed by atoms with Gasteiger partial charge in [-0.05, 0) is 49.6 Å². The second-order valence-electron chi connectivity index (χ2n) is 4.06. The Morgan fingerprint density at radius 1 is 1.19 bits per heavy atom. The lowest BCUT2D eigenvalue weighted by Crippen LogP contribution is -1.99. The van der Waals surface area contributed by atoms with Gasteiger partial charge >= 0.3 is 0 Å². The summed E-state index contributed by atoms with van der Waals surface area (Å²) in [4.78, 5) is 0. The fraction of sp³-hybridized carbons (Fsp3) is 0.286. The highest BCUT2D eigenvalue weighted by Gasteiger charge is 2.10. The van der Waals surface area contributed by atoms with E-state index in [1.165, 1.54) is 5.56 Å². The van der Waals surface area contributed by atoms with Crippen LogP contribution in [0.2, 0.25) is 0 Å². The molecule has 1 aromatic rings. The topological polar surface area (TPSA) is 9.23 Å². The van der Waals surface area contributed by atoms with Crippen molar-refractivity contribution in [2.24, 2.45) is 0 Å². The van der Waals surface area contributed by atoms with E-state index in [9.17, 15) is 4.39 Å². The molecule has 0 atom stereocenters. The van der Waals surface area contributed by atoms with E-state index in [0.29, 0.717) is 17.9 Å². The molecule has 0 amide bonds. The lowest BCUT2D eigenvalue weighted by atomic mass is 10.1. The van der Waals surface area contributed by atoms with Crippen molar-refractivity contribution in [1.29, 1.82) is 0 Å². The zero-order valence-electron chi connectivity index (χ0n) is 9.59. The number of hydrogen-bond donors (Lipinski definition) is 0. The molecule has 1 nitrogen and oxygen atoms in total. The molecule has 1 aliphatic rings. The van der Waals surface area contributed by atoms with Crippen LogP contribution >= 0.6 is 0 Å². The zero-order valence-corrected chi connectivity index (χ0v) is 9.59. The van der Waals surface area contributed by atoms with Crippen molar-refractivity contribution < 1.29 is 9.13 Å². The minimum Gasteiger partial charge on any atom is -0.455 e. The Bertz CT molecular complexity index is 458. The highest BCUT2D eigenvalue weighted by molar-refractivity contribution is 5.36. The first-order valence-corrected chi connectivity index (χ1v) is 5.47. The Balaban J connectivity index is 2.21. The molecule has 2 heteroatoms. The van der Waals surface area contributed by atoms with Crippen LogP contribution in [0.25, 0.3) is 0 Å². The van der Waals surface area contributed by atoms with E-state index in [0.717, 1.165) is 12.0 Å². The van der Waals surface area contributed by atoms with Crippen molar-refractivity contribution in [3.8, 4) is 5.75 Å². The minimum atomic E-state index is -0.166. The van der Waals surface area contributed by atoms with Crippen molar-refractivity contribution in [3.63, 3.8) is 0 Å². The largest absolute Gasteiger partial charge is 0.455 e. The molecule has 0 aliphatic heterocycles. The second kappa shape index (κ2) is 4.52. The number of hydrogen-bond acceptors (Lipinski definition) is 1. The van der Waals surface area contributed by atoms with Gasteiger partial charge in [0.1, 0.15) is 11.6 Å². The predicted octanol–water partition coefficient (Wildman–Crippen LogP) is 4.21. The molecule has 0 heterocycles. The summed E-state index contributed by atoms with van der Waals surface area (Å²) in [6.07, 6.45) is 4.83. The zero-order chi connectivity index (χ0) is 11.5. The lowest BCUT2D eigenvalue weighted by Gasteiger charge is -2.12. The summed E-state index contributed by atoms with van der Waals surface area (Å²) in [5.74, 6) is 0.870. The average Bonchev–Trinajstić information content (AvgIpc) is 2.27. The van der Waals surface area contributed by atoms with Crippen molar-refractivity contribution in [2.45, 2.75) is 26.7 Å². The van der Waals surface area contributed by atoms with Crippen molar-refractivity contribution >= 4 is 0 Å². The first-order valence-electron chi connectivity index (χ1n) is 5.47. The molecule has 1 aromatic carbocycles. The molecule has 84 valence electrons. The molecule has 0 fully saturated rings. The second-order valence-corrected chi connectivity index (χ2v) is 4.06. The summed E-state index contributed by atoms with van der Waals surface area (Å²) in [6, 6.07) is 5.78. The van der Waals surface area contributed by atoms with Gasteiger partial charge in [-0.3, -0.25) is 0 Å². The van der Waals surface area contributed by atoms with E-state index >= 15 is 0 Å². The minimum absolute atomic E-state index is 0.166. The van der Waals surface area contributed by atoms with Gasteiger partial charge in [-0.15, -0.1) is 0 Å². The van der Waals surface area contributed by atoms with E-state index in [1.54, 1.807) is 6.08 Å². The molecular weight excluding hydrogens is 203 g/mol. The molecule has 0 radical (unpaired) electrons. The molecule has 0 N–H and O–H groups in total. The molecule has 1 aliphatic carbocycles. The van der Waals surface area contributed by atoms with Crippen LogP contribution in [-0.2, 0) is 0 Å². The van der Waals surface area contributed by atoms with Crippen LogP contribution in [0.3, 0.4) is 0 Å². The molecule has 0 aromatic heterocycles. The summed E-state index contributed by atoms with van der Waals surface area (Å²) >= 11 is 0. The summed E-state index contributed by atoms with van der Waals surface area (Å²) in [5.41, 5.74) is 2.36. The quantitative estimate of drug-likeness (QED) is 0.722. The van der Waals surface area contributed by atoms with Crippen molar-refractivity contribution in [2.75, 3.05) is 0 Å². The standard InChI is InChI=1S/C14H15FO/c1-10-7-8-12(9-11(10)2)16-14-6-4-3-5-13(14)15/h4,6-9H,3,5H2,1-2H3. The average molecular weight is 218 g/mol. The number of benzene rings is 1. The Labute approximate surface area is 95.2 Å². The Morgan fingerprint density at radius 3 is 2.69 bits per heavy atom. The molecular formula is C14H15FO. The first-order chi connectivity index (χ1) is 7.66. The highest BCUT2D eigenvalue weighted by atomic mass is 19.1. The molecule has 0 saturated carbocycles. The SMILES string of the molecule is Cc1ccc(OC2=C(F)CCC=C2)cc1C. The first kappa shape index (κ1) is 10.9. The molecule has 0 bridgehead atoms. The van der Waals surface area contributed by atoms with Crippen LogP contribution in [0, 0.1) is 13.8 Å². The number of halogens is 1. The van der Waals surface area contributed by atoms with Crippen LogP contribution in [0.1, 0.15) is 24.0 Å². The van der Waals surface area contributed by atoms with Crippen LogP contribution in [0.4, 0.5) is 4.39 Å². The Hall–Kier alpha value is -1.57. The molecule has 0 unspecified atom stereocenters. The van der Waals surface area contributed by atoms with Gasteiger partial charge in [0.05, 0.1) is 0 Å². The van der Waals surface area contributed by atoms with Crippen LogP contribution in [0.5, 0.6) is 5.75 Å².